The van der Waals surface area contributed by atoms with Gasteiger partial charge in [0, 0.05) is 26.3 Å². The Morgan fingerprint density at radius 3 is 2.33 bits per heavy atom. The Bertz CT molecular complexity index is 477. The molecule has 0 bridgehead atoms. The summed E-state index contributed by atoms with van der Waals surface area (Å²) in [4.78, 5) is 4.35. The van der Waals surface area contributed by atoms with Gasteiger partial charge in [-0.2, -0.15) is 4.31 Å². The third kappa shape index (κ3) is 2.81. The van der Waals surface area contributed by atoms with Crippen molar-refractivity contribution < 1.29 is 8.42 Å². The van der Waals surface area contributed by atoms with Crippen LogP contribution in [-0.2, 0) is 10.0 Å². The van der Waals surface area contributed by atoms with Gasteiger partial charge in [-0.05, 0) is 25.0 Å². The molecule has 2 rings (SSSR count). The third-order valence-electron chi connectivity index (χ3n) is 3.20. The lowest BCUT2D eigenvalue weighted by Gasteiger charge is -2.19. The molecule has 0 saturated carbocycles. The number of aromatic nitrogens is 1. The quantitative estimate of drug-likeness (QED) is 0.907. The highest BCUT2D eigenvalue weighted by molar-refractivity contribution is 7.89. The highest BCUT2D eigenvalue weighted by atomic mass is 32.2. The lowest BCUT2D eigenvalue weighted by atomic mass is 10.2. The van der Waals surface area contributed by atoms with Crippen molar-refractivity contribution in [3.05, 3.63) is 18.3 Å². The molecule has 18 heavy (non-hydrogen) atoms. The van der Waals surface area contributed by atoms with Gasteiger partial charge in [-0.15, -0.1) is 0 Å². The third-order valence-corrected chi connectivity index (χ3v) is 5.08. The minimum atomic E-state index is -3.37. The van der Waals surface area contributed by atoms with Crippen molar-refractivity contribution in [1.82, 2.24) is 9.29 Å². The zero-order valence-corrected chi connectivity index (χ0v) is 11.4. The molecule has 0 unspecified atom stereocenters. The molecular formula is C12H19N3O2S. The zero-order chi connectivity index (χ0) is 13.0. The summed E-state index contributed by atoms with van der Waals surface area (Å²) in [7, 11) is -1.61. The molecule has 1 N–H and O–H groups in total. The SMILES string of the molecule is CNc1ccc(S(=O)(=O)N2CCCCCC2)cn1. The van der Waals surface area contributed by atoms with Crippen LogP contribution in [0, 0.1) is 0 Å². The molecule has 0 spiro atoms. The van der Waals surface area contributed by atoms with Crippen LogP contribution < -0.4 is 5.32 Å². The van der Waals surface area contributed by atoms with E-state index in [1.807, 2.05) is 0 Å². The monoisotopic (exact) mass is 269 g/mol. The number of rotatable bonds is 3. The van der Waals surface area contributed by atoms with Crippen LogP contribution in [0.5, 0.6) is 0 Å². The molecule has 0 atom stereocenters. The van der Waals surface area contributed by atoms with E-state index < -0.39 is 10.0 Å². The molecular weight excluding hydrogens is 250 g/mol. The maximum Gasteiger partial charge on any atom is 0.244 e. The Kier molecular flexibility index (Phi) is 4.19. The number of nitrogens with one attached hydrogen (secondary N) is 1. The smallest absolute Gasteiger partial charge is 0.244 e. The lowest BCUT2D eigenvalue weighted by molar-refractivity contribution is 0.423. The van der Waals surface area contributed by atoms with E-state index in [-0.39, 0.29) is 4.90 Å². The zero-order valence-electron chi connectivity index (χ0n) is 10.6. The highest BCUT2D eigenvalue weighted by Crippen LogP contribution is 2.20. The second kappa shape index (κ2) is 5.67. The summed E-state index contributed by atoms with van der Waals surface area (Å²) >= 11 is 0. The summed E-state index contributed by atoms with van der Waals surface area (Å²) < 4.78 is 26.4. The molecule has 1 aromatic rings. The first-order chi connectivity index (χ1) is 8.64. The van der Waals surface area contributed by atoms with Crippen LogP contribution in [0.1, 0.15) is 25.7 Å². The maximum atomic E-state index is 12.4. The molecule has 1 aliphatic heterocycles. The van der Waals surface area contributed by atoms with E-state index in [9.17, 15) is 8.42 Å². The van der Waals surface area contributed by atoms with Crippen LogP contribution >= 0.6 is 0 Å². The molecule has 0 amide bonds. The van der Waals surface area contributed by atoms with Crippen LogP contribution in [0.25, 0.3) is 0 Å². The second-order valence-corrected chi connectivity index (χ2v) is 6.39. The van der Waals surface area contributed by atoms with Gasteiger partial charge in [0.15, 0.2) is 0 Å². The van der Waals surface area contributed by atoms with Gasteiger partial charge in [-0.1, -0.05) is 12.8 Å². The summed E-state index contributed by atoms with van der Waals surface area (Å²) in [6, 6.07) is 3.30. The standard InChI is InChI=1S/C12H19N3O2S/c1-13-12-7-6-11(10-14-12)18(16,17)15-8-4-2-3-5-9-15/h6-7,10H,2-5,8-9H2,1H3,(H,13,14). The van der Waals surface area contributed by atoms with Gasteiger partial charge in [0.05, 0.1) is 0 Å². The summed E-state index contributed by atoms with van der Waals surface area (Å²) in [5.74, 6) is 0.671. The van der Waals surface area contributed by atoms with Gasteiger partial charge in [0.25, 0.3) is 0 Å². The van der Waals surface area contributed by atoms with Crippen LogP contribution in [-0.4, -0.2) is 37.8 Å². The molecule has 2 heterocycles. The van der Waals surface area contributed by atoms with E-state index in [1.165, 1.54) is 6.20 Å². The summed E-state index contributed by atoms with van der Waals surface area (Å²) in [5.41, 5.74) is 0. The van der Waals surface area contributed by atoms with Crippen molar-refractivity contribution in [3.63, 3.8) is 0 Å². The van der Waals surface area contributed by atoms with Gasteiger partial charge in [-0.25, -0.2) is 13.4 Å². The molecule has 1 aliphatic rings. The topological polar surface area (TPSA) is 62.3 Å². The number of anilines is 1. The first kappa shape index (κ1) is 13.3. The van der Waals surface area contributed by atoms with E-state index in [0.717, 1.165) is 25.7 Å². The van der Waals surface area contributed by atoms with Gasteiger partial charge in [-0.3, -0.25) is 0 Å². The molecule has 1 saturated heterocycles. The molecule has 0 aromatic carbocycles. The Hall–Kier alpha value is -1.14. The Morgan fingerprint density at radius 2 is 1.83 bits per heavy atom. The average molecular weight is 269 g/mol. The number of pyridine rings is 1. The average Bonchev–Trinajstić information content (AvgIpc) is 2.68. The highest BCUT2D eigenvalue weighted by Gasteiger charge is 2.25. The van der Waals surface area contributed by atoms with E-state index in [2.05, 4.69) is 10.3 Å². The van der Waals surface area contributed by atoms with Gasteiger partial charge < -0.3 is 5.32 Å². The number of nitrogens with zero attached hydrogens (tertiary/aromatic N) is 2. The van der Waals surface area contributed by atoms with E-state index in [1.54, 1.807) is 23.5 Å². The van der Waals surface area contributed by atoms with E-state index >= 15 is 0 Å². The van der Waals surface area contributed by atoms with Crippen molar-refractivity contribution in [2.24, 2.45) is 0 Å². The molecule has 1 aromatic heterocycles. The minimum absolute atomic E-state index is 0.281. The molecule has 1 fully saturated rings. The number of hydrogen-bond acceptors (Lipinski definition) is 4. The summed E-state index contributed by atoms with van der Waals surface area (Å²) in [6.07, 6.45) is 5.54. The molecule has 0 aliphatic carbocycles. The predicted molar refractivity (Wildman–Crippen MR) is 71.0 cm³/mol. The maximum absolute atomic E-state index is 12.4. The van der Waals surface area contributed by atoms with Crippen molar-refractivity contribution in [3.8, 4) is 0 Å². The number of sulfonamides is 1. The Labute approximate surface area is 108 Å². The minimum Gasteiger partial charge on any atom is -0.373 e. The Morgan fingerprint density at radius 1 is 1.17 bits per heavy atom. The van der Waals surface area contributed by atoms with Crippen molar-refractivity contribution >= 4 is 15.8 Å². The summed E-state index contributed by atoms with van der Waals surface area (Å²) in [5, 5.41) is 2.88. The van der Waals surface area contributed by atoms with Crippen molar-refractivity contribution in [1.29, 1.82) is 0 Å². The van der Waals surface area contributed by atoms with E-state index in [4.69, 9.17) is 0 Å². The first-order valence-electron chi connectivity index (χ1n) is 6.28. The van der Waals surface area contributed by atoms with Crippen LogP contribution in [0.2, 0.25) is 0 Å². The Balaban J connectivity index is 2.22. The van der Waals surface area contributed by atoms with Gasteiger partial charge in [0.2, 0.25) is 10.0 Å². The first-order valence-corrected chi connectivity index (χ1v) is 7.72. The van der Waals surface area contributed by atoms with E-state index in [0.29, 0.717) is 18.9 Å². The fraction of sp³-hybridized carbons (Fsp3) is 0.583. The summed E-state index contributed by atoms with van der Waals surface area (Å²) in [6.45, 7) is 1.24. The molecule has 100 valence electrons. The largest absolute Gasteiger partial charge is 0.373 e. The molecule has 0 radical (unpaired) electrons. The number of hydrogen-bond donors (Lipinski definition) is 1. The second-order valence-electron chi connectivity index (χ2n) is 4.45. The normalized spacial score (nSPS) is 18.3. The fourth-order valence-corrected chi connectivity index (χ4v) is 3.57. The van der Waals surface area contributed by atoms with Crippen molar-refractivity contribution in [2.75, 3.05) is 25.5 Å². The molecule has 5 nitrogen and oxygen atoms in total. The van der Waals surface area contributed by atoms with Crippen LogP contribution in [0.3, 0.4) is 0 Å². The lowest BCUT2D eigenvalue weighted by Crippen LogP contribution is -2.32. The fourth-order valence-electron chi connectivity index (χ4n) is 2.11. The van der Waals surface area contributed by atoms with Crippen LogP contribution in [0.15, 0.2) is 23.2 Å². The van der Waals surface area contributed by atoms with Gasteiger partial charge in [0.1, 0.15) is 10.7 Å². The van der Waals surface area contributed by atoms with Crippen LogP contribution in [0.4, 0.5) is 5.82 Å². The predicted octanol–water partition coefficient (Wildman–Crippen LogP) is 1.69. The molecule has 6 heteroatoms. The van der Waals surface area contributed by atoms with Crippen molar-refractivity contribution in [2.45, 2.75) is 30.6 Å². The van der Waals surface area contributed by atoms with Gasteiger partial charge >= 0.3 is 0 Å².